The average Bonchev–Trinajstić information content (AvgIpc) is 2.88. The van der Waals surface area contributed by atoms with Crippen LogP contribution in [0, 0.1) is 0 Å². The average molecular weight is 492 g/mol. The number of nitrogens with one attached hydrogen (secondary N) is 1. The van der Waals surface area contributed by atoms with Gasteiger partial charge < -0.3 is 5.32 Å². The second-order valence-corrected chi connectivity index (χ2v) is 8.66. The van der Waals surface area contributed by atoms with Gasteiger partial charge in [0.25, 0.3) is 0 Å². The number of hydrogen-bond donors (Lipinski definition) is 1. The predicted octanol–water partition coefficient (Wildman–Crippen LogP) is 6.62. The van der Waals surface area contributed by atoms with Crippen LogP contribution in [-0.4, -0.2) is 26.5 Å². The zero-order valence-electron chi connectivity index (χ0n) is 17.5. The quantitative estimate of drug-likeness (QED) is 0.307. The van der Waals surface area contributed by atoms with E-state index < -0.39 is 0 Å². The summed E-state index contributed by atoms with van der Waals surface area (Å²) in [7, 11) is 0. The van der Waals surface area contributed by atoms with Crippen LogP contribution in [0.1, 0.15) is 5.56 Å². The van der Waals surface area contributed by atoms with Crippen molar-refractivity contribution >= 4 is 38.6 Å². The van der Waals surface area contributed by atoms with Gasteiger partial charge in [-0.3, -0.25) is 4.98 Å². The molecule has 0 bridgehead atoms. The lowest BCUT2D eigenvalue weighted by Gasteiger charge is -2.17. The molecule has 0 unspecified atom stereocenters. The number of pyridine rings is 1. The molecule has 5 aromatic rings. The van der Waals surface area contributed by atoms with Gasteiger partial charge in [0.2, 0.25) is 0 Å². The number of hydrogen-bond acceptors (Lipinski definition) is 5. The maximum absolute atomic E-state index is 4.96. The number of halogens is 1. The van der Waals surface area contributed by atoms with Gasteiger partial charge in [-0.1, -0.05) is 70.5 Å². The van der Waals surface area contributed by atoms with Crippen LogP contribution < -0.4 is 5.32 Å². The van der Waals surface area contributed by atoms with E-state index in [4.69, 9.17) is 15.0 Å². The van der Waals surface area contributed by atoms with E-state index in [1.807, 2.05) is 54.6 Å². The van der Waals surface area contributed by atoms with Crippen LogP contribution in [0.15, 0.2) is 89.5 Å². The Morgan fingerprint density at radius 2 is 1.55 bits per heavy atom. The Labute approximate surface area is 199 Å². The molecule has 0 amide bonds. The van der Waals surface area contributed by atoms with Gasteiger partial charge >= 0.3 is 0 Å². The molecule has 0 aliphatic carbocycles. The highest BCUT2D eigenvalue weighted by atomic mass is 79.9. The van der Waals surface area contributed by atoms with Crippen molar-refractivity contribution in [2.75, 3.05) is 11.9 Å². The highest BCUT2D eigenvalue weighted by Crippen LogP contribution is 2.34. The van der Waals surface area contributed by atoms with Crippen LogP contribution in [0.25, 0.3) is 51.1 Å². The summed E-state index contributed by atoms with van der Waals surface area (Å²) < 4.78 is 0.974. The third-order valence-electron chi connectivity index (χ3n) is 5.65. The van der Waals surface area contributed by atoms with Gasteiger partial charge in [0.05, 0.1) is 5.52 Å². The highest BCUT2D eigenvalue weighted by molar-refractivity contribution is 9.10. The molecule has 158 valence electrons. The van der Waals surface area contributed by atoms with E-state index >= 15 is 0 Å². The third kappa shape index (κ3) is 3.68. The summed E-state index contributed by atoms with van der Waals surface area (Å²) >= 11 is 3.57. The SMILES string of the molecule is Brc1cccc(-c2nc(-c3cccc4c3C=CCN4)nc(-c3cccc4ncccc34)n2)c1. The fraction of sp³-hybridized carbons (Fsp3) is 0.0370. The van der Waals surface area contributed by atoms with Gasteiger partial charge in [-0.2, -0.15) is 0 Å². The summed E-state index contributed by atoms with van der Waals surface area (Å²) in [5.74, 6) is 1.89. The maximum Gasteiger partial charge on any atom is 0.164 e. The van der Waals surface area contributed by atoms with E-state index in [1.54, 1.807) is 6.20 Å². The first kappa shape index (κ1) is 19.8. The van der Waals surface area contributed by atoms with Crippen LogP contribution in [-0.2, 0) is 0 Å². The summed E-state index contributed by atoms with van der Waals surface area (Å²) in [6, 6.07) is 24.2. The molecule has 0 fully saturated rings. The Hall–Kier alpha value is -3.90. The van der Waals surface area contributed by atoms with E-state index in [0.29, 0.717) is 17.5 Å². The molecule has 2 aromatic heterocycles. The molecular formula is C27H18BrN5. The number of rotatable bonds is 3. The summed E-state index contributed by atoms with van der Waals surface area (Å²) in [4.78, 5) is 19.3. The van der Waals surface area contributed by atoms with Crippen molar-refractivity contribution in [2.45, 2.75) is 0 Å². The van der Waals surface area contributed by atoms with Gasteiger partial charge in [0.1, 0.15) is 0 Å². The van der Waals surface area contributed by atoms with Gasteiger partial charge in [0, 0.05) is 50.5 Å². The van der Waals surface area contributed by atoms with E-state index in [0.717, 1.165) is 49.9 Å². The molecule has 0 atom stereocenters. The number of aromatic nitrogens is 4. The molecule has 0 spiro atoms. The summed E-state index contributed by atoms with van der Waals surface area (Å²) in [6.07, 6.45) is 6.04. The Balaban J connectivity index is 1.63. The smallest absolute Gasteiger partial charge is 0.164 e. The standard InChI is InChI=1S/C27H18BrN5/c28-18-7-1-6-17(16-18)25-31-26(21-8-2-12-23-19(21)10-4-14-29-23)33-27(32-25)22-9-3-13-24-20(22)11-5-15-30-24/h1-14,16,30H,15H2. The van der Waals surface area contributed by atoms with Crippen molar-refractivity contribution < 1.29 is 0 Å². The first-order chi connectivity index (χ1) is 16.3. The summed E-state index contributed by atoms with van der Waals surface area (Å²) in [5.41, 5.74) is 5.89. The molecule has 3 heterocycles. The molecule has 0 saturated carbocycles. The minimum atomic E-state index is 0.624. The molecule has 0 radical (unpaired) electrons. The van der Waals surface area contributed by atoms with Crippen molar-refractivity contribution in [3.63, 3.8) is 0 Å². The molecule has 1 aliphatic rings. The first-order valence-electron chi connectivity index (χ1n) is 10.7. The van der Waals surface area contributed by atoms with Crippen molar-refractivity contribution in [2.24, 2.45) is 0 Å². The van der Waals surface area contributed by atoms with Gasteiger partial charge in [-0.25, -0.2) is 15.0 Å². The normalized spacial score (nSPS) is 12.4. The molecule has 5 nitrogen and oxygen atoms in total. The molecule has 6 heteroatoms. The molecule has 33 heavy (non-hydrogen) atoms. The summed E-state index contributed by atoms with van der Waals surface area (Å²) in [5, 5.41) is 4.43. The van der Waals surface area contributed by atoms with Crippen LogP contribution >= 0.6 is 15.9 Å². The highest BCUT2D eigenvalue weighted by Gasteiger charge is 2.17. The van der Waals surface area contributed by atoms with Crippen molar-refractivity contribution in [1.29, 1.82) is 0 Å². The molecule has 6 rings (SSSR count). The topological polar surface area (TPSA) is 63.6 Å². The monoisotopic (exact) mass is 491 g/mol. The van der Waals surface area contributed by atoms with Gasteiger partial charge in [-0.15, -0.1) is 0 Å². The lowest BCUT2D eigenvalue weighted by Crippen LogP contribution is -2.07. The zero-order valence-corrected chi connectivity index (χ0v) is 19.1. The van der Waals surface area contributed by atoms with Crippen molar-refractivity contribution in [1.82, 2.24) is 19.9 Å². The maximum atomic E-state index is 4.96. The minimum absolute atomic E-state index is 0.624. The number of anilines is 1. The van der Waals surface area contributed by atoms with E-state index in [-0.39, 0.29) is 0 Å². The third-order valence-corrected chi connectivity index (χ3v) is 6.14. The van der Waals surface area contributed by atoms with E-state index in [2.05, 4.69) is 56.6 Å². The van der Waals surface area contributed by atoms with Gasteiger partial charge in [-0.05, 0) is 30.3 Å². The second-order valence-electron chi connectivity index (χ2n) is 7.74. The Bertz CT molecular complexity index is 1540. The van der Waals surface area contributed by atoms with Crippen LogP contribution in [0.3, 0.4) is 0 Å². The Morgan fingerprint density at radius 1 is 0.758 bits per heavy atom. The first-order valence-corrected chi connectivity index (χ1v) is 11.5. The molecule has 0 saturated heterocycles. The van der Waals surface area contributed by atoms with Crippen LogP contribution in [0.2, 0.25) is 0 Å². The van der Waals surface area contributed by atoms with Gasteiger partial charge in [0.15, 0.2) is 17.5 Å². The Kier molecular flexibility index (Phi) is 4.92. The lowest BCUT2D eigenvalue weighted by atomic mass is 10.0. The molecule has 1 N–H and O–H groups in total. The Morgan fingerprint density at radius 3 is 2.45 bits per heavy atom. The number of benzene rings is 3. The number of nitrogens with zero attached hydrogens (tertiary/aromatic N) is 4. The predicted molar refractivity (Wildman–Crippen MR) is 137 cm³/mol. The van der Waals surface area contributed by atoms with Crippen LogP contribution in [0.5, 0.6) is 0 Å². The minimum Gasteiger partial charge on any atom is -0.381 e. The summed E-state index contributed by atoms with van der Waals surface area (Å²) in [6.45, 7) is 0.811. The van der Waals surface area contributed by atoms with Crippen molar-refractivity contribution in [3.05, 3.63) is 95.1 Å². The second kappa shape index (κ2) is 8.22. The fourth-order valence-electron chi connectivity index (χ4n) is 4.11. The largest absolute Gasteiger partial charge is 0.381 e. The van der Waals surface area contributed by atoms with E-state index in [9.17, 15) is 0 Å². The zero-order chi connectivity index (χ0) is 22.2. The van der Waals surface area contributed by atoms with E-state index in [1.165, 1.54) is 0 Å². The number of fused-ring (bicyclic) bond motifs is 2. The molecule has 1 aliphatic heterocycles. The van der Waals surface area contributed by atoms with Crippen LogP contribution in [0.4, 0.5) is 5.69 Å². The molecule has 3 aromatic carbocycles. The fourth-order valence-corrected chi connectivity index (χ4v) is 4.51. The molecular weight excluding hydrogens is 474 g/mol. The lowest BCUT2D eigenvalue weighted by molar-refractivity contribution is 1.07. The van der Waals surface area contributed by atoms with Crippen molar-refractivity contribution in [3.8, 4) is 34.2 Å².